The molecule has 0 aromatic heterocycles. The molecule has 7 nitrogen and oxygen atoms in total. The summed E-state index contributed by atoms with van der Waals surface area (Å²) in [5.74, 6) is 0.446. The first-order valence-electron chi connectivity index (χ1n) is 9.92. The van der Waals surface area contributed by atoms with E-state index in [0.29, 0.717) is 38.1 Å². The van der Waals surface area contributed by atoms with Crippen molar-refractivity contribution in [3.63, 3.8) is 0 Å². The molecule has 0 aromatic rings. The molecule has 1 saturated heterocycles. The summed E-state index contributed by atoms with van der Waals surface area (Å²) in [5.41, 5.74) is 0. The van der Waals surface area contributed by atoms with Gasteiger partial charge in [0.25, 0.3) is 0 Å². The molecule has 3 unspecified atom stereocenters. The quantitative estimate of drug-likeness (QED) is 0.684. The predicted octanol–water partition coefficient (Wildman–Crippen LogP) is 2.02. The molecule has 2 fully saturated rings. The fourth-order valence-corrected chi connectivity index (χ4v) is 4.03. The number of urea groups is 1. The van der Waals surface area contributed by atoms with E-state index in [-0.39, 0.29) is 24.7 Å². The normalized spacial score (nSPS) is 26.5. The molecule has 0 aromatic carbocycles. The zero-order chi connectivity index (χ0) is 19.1. The smallest absolute Gasteiger partial charge is 0.317 e. The number of morpholine rings is 1. The molecule has 1 heterocycles. The number of ether oxygens (including phenoxy) is 1. The third kappa shape index (κ3) is 6.76. The fourth-order valence-electron chi connectivity index (χ4n) is 4.03. The lowest BCUT2D eigenvalue weighted by molar-refractivity contribution is -0.138. The van der Waals surface area contributed by atoms with Crippen molar-refractivity contribution in [3.05, 3.63) is 0 Å². The summed E-state index contributed by atoms with van der Waals surface area (Å²) in [6.45, 7) is 6.59. The Morgan fingerprint density at radius 2 is 2.12 bits per heavy atom. The second-order valence-corrected chi connectivity index (χ2v) is 8.25. The summed E-state index contributed by atoms with van der Waals surface area (Å²) >= 11 is 0. The predicted molar refractivity (Wildman–Crippen MR) is 100 cm³/mol. The molecule has 1 aliphatic carbocycles. The number of amides is 2. The third-order valence-electron chi connectivity index (χ3n) is 5.43. The van der Waals surface area contributed by atoms with Gasteiger partial charge in [0.15, 0.2) is 0 Å². The number of rotatable bonds is 8. The summed E-state index contributed by atoms with van der Waals surface area (Å²) in [6.07, 6.45) is 5.74. The molecule has 1 saturated carbocycles. The lowest BCUT2D eigenvalue weighted by Gasteiger charge is -2.35. The van der Waals surface area contributed by atoms with Gasteiger partial charge in [0.1, 0.15) is 0 Å². The molecule has 3 atom stereocenters. The highest BCUT2D eigenvalue weighted by Crippen LogP contribution is 2.30. The van der Waals surface area contributed by atoms with E-state index in [2.05, 4.69) is 19.2 Å². The van der Waals surface area contributed by atoms with E-state index in [0.717, 1.165) is 6.42 Å². The zero-order valence-electron chi connectivity index (χ0n) is 16.4. The monoisotopic (exact) mass is 369 g/mol. The van der Waals surface area contributed by atoms with E-state index >= 15 is 0 Å². The van der Waals surface area contributed by atoms with Crippen LogP contribution in [0.4, 0.5) is 4.79 Å². The van der Waals surface area contributed by atoms with Crippen molar-refractivity contribution in [3.8, 4) is 0 Å². The standard InChI is InChI=1S/C19H35N3O4/c1-14(2)7-8-15-5-4-6-17(15)20-19(25)22-9-10-26-16(12-22)11-21(3)13-18(23)24/h14-17H,4-13H2,1-3H3,(H,20,25)(H,23,24). The third-order valence-corrected chi connectivity index (χ3v) is 5.43. The van der Waals surface area contributed by atoms with Crippen molar-refractivity contribution in [2.45, 2.75) is 58.1 Å². The maximum Gasteiger partial charge on any atom is 0.317 e. The van der Waals surface area contributed by atoms with Crippen LogP contribution >= 0.6 is 0 Å². The van der Waals surface area contributed by atoms with Crippen LogP contribution in [0.2, 0.25) is 0 Å². The van der Waals surface area contributed by atoms with Crippen molar-refractivity contribution in [1.29, 1.82) is 0 Å². The van der Waals surface area contributed by atoms with Crippen LogP contribution in [0.1, 0.15) is 46.0 Å². The molecule has 7 heteroatoms. The Balaban J connectivity index is 1.80. The maximum absolute atomic E-state index is 12.7. The van der Waals surface area contributed by atoms with E-state index < -0.39 is 5.97 Å². The highest BCUT2D eigenvalue weighted by atomic mass is 16.5. The summed E-state index contributed by atoms with van der Waals surface area (Å²) in [6, 6.07) is 0.290. The first-order valence-corrected chi connectivity index (χ1v) is 9.92. The first kappa shape index (κ1) is 21.0. The summed E-state index contributed by atoms with van der Waals surface area (Å²) in [7, 11) is 1.76. The topological polar surface area (TPSA) is 82.1 Å². The van der Waals surface area contributed by atoms with Crippen molar-refractivity contribution >= 4 is 12.0 Å². The van der Waals surface area contributed by atoms with Crippen LogP contribution in [-0.2, 0) is 9.53 Å². The molecule has 0 bridgehead atoms. The van der Waals surface area contributed by atoms with Gasteiger partial charge in [0.2, 0.25) is 0 Å². The highest BCUT2D eigenvalue weighted by molar-refractivity contribution is 5.74. The van der Waals surface area contributed by atoms with Crippen molar-refractivity contribution in [2.24, 2.45) is 11.8 Å². The number of nitrogens with zero attached hydrogens (tertiary/aromatic N) is 2. The minimum absolute atomic E-state index is 0.000588. The maximum atomic E-state index is 12.7. The van der Waals surface area contributed by atoms with Gasteiger partial charge in [0, 0.05) is 25.7 Å². The summed E-state index contributed by atoms with van der Waals surface area (Å²) in [5, 5.41) is 12.1. The first-order chi connectivity index (χ1) is 12.3. The molecule has 1 aliphatic heterocycles. The molecule has 26 heavy (non-hydrogen) atoms. The Hall–Kier alpha value is -1.34. The van der Waals surface area contributed by atoms with Crippen LogP contribution in [0.15, 0.2) is 0 Å². The molecule has 0 radical (unpaired) electrons. The van der Waals surface area contributed by atoms with Gasteiger partial charge >= 0.3 is 12.0 Å². The number of hydrogen-bond acceptors (Lipinski definition) is 4. The average molecular weight is 370 g/mol. The van der Waals surface area contributed by atoms with E-state index in [4.69, 9.17) is 9.84 Å². The van der Waals surface area contributed by atoms with Crippen LogP contribution < -0.4 is 5.32 Å². The van der Waals surface area contributed by atoms with Crippen LogP contribution in [0.25, 0.3) is 0 Å². The molecular weight excluding hydrogens is 334 g/mol. The van der Waals surface area contributed by atoms with Crippen LogP contribution in [0.5, 0.6) is 0 Å². The van der Waals surface area contributed by atoms with Gasteiger partial charge in [-0.2, -0.15) is 0 Å². The number of carboxylic acid groups (broad SMARTS) is 1. The lowest BCUT2D eigenvalue weighted by atomic mass is 9.94. The van der Waals surface area contributed by atoms with Crippen LogP contribution in [0, 0.1) is 11.8 Å². The molecule has 2 aliphatic rings. The van der Waals surface area contributed by atoms with Crippen molar-refractivity contribution in [2.75, 3.05) is 39.8 Å². The Kier molecular flexibility index (Phi) is 8.15. The zero-order valence-corrected chi connectivity index (χ0v) is 16.4. The Bertz CT molecular complexity index is 472. The number of carboxylic acids is 1. The molecule has 0 spiro atoms. The van der Waals surface area contributed by atoms with Crippen LogP contribution in [0.3, 0.4) is 0 Å². The summed E-state index contributed by atoms with van der Waals surface area (Å²) < 4.78 is 5.71. The molecule has 150 valence electrons. The largest absolute Gasteiger partial charge is 0.480 e. The van der Waals surface area contributed by atoms with Gasteiger partial charge < -0.3 is 20.1 Å². The summed E-state index contributed by atoms with van der Waals surface area (Å²) in [4.78, 5) is 27.0. The van der Waals surface area contributed by atoms with E-state index in [1.165, 1.54) is 25.7 Å². The fraction of sp³-hybridized carbons (Fsp3) is 0.895. The molecule has 2 N–H and O–H groups in total. The number of carbonyl (C=O) groups is 2. The Morgan fingerprint density at radius 1 is 1.35 bits per heavy atom. The number of carbonyl (C=O) groups excluding carboxylic acids is 1. The van der Waals surface area contributed by atoms with E-state index in [1.54, 1.807) is 11.9 Å². The average Bonchev–Trinajstić information content (AvgIpc) is 2.99. The van der Waals surface area contributed by atoms with E-state index in [9.17, 15) is 9.59 Å². The lowest BCUT2D eigenvalue weighted by Crippen LogP contribution is -2.54. The van der Waals surface area contributed by atoms with Crippen molar-refractivity contribution in [1.82, 2.24) is 15.1 Å². The van der Waals surface area contributed by atoms with Gasteiger partial charge in [-0.1, -0.05) is 26.7 Å². The Morgan fingerprint density at radius 3 is 2.81 bits per heavy atom. The van der Waals surface area contributed by atoms with Gasteiger partial charge in [-0.05, 0) is 38.1 Å². The van der Waals surface area contributed by atoms with Gasteiger partial charge in [-0.3, -0.25) is 9.69 Å². The second kappa shape index (κ2) is 10.1. The number of nitrogens with one attached hydrogen (secondary N) is 1. The number of aliphatic carboxylic acids is 1. The van der Waals surface area contributed by atoms with Crippen LogP contribution in [-0.4, -0.2) is 78.9 Å². The minimum Gasteiger partial charge on any atom is -0.480 e. The number of likely N-dealkylation sites (N-methyl/N-ethyl adjacent to an activating group) is 1. The van der Waals surface area contributed by atoms with E-state index in [1.807, 2.05) is 4.90 Å². The SMILES string of the molecule is CC(C)CCC1CCCC1NC(=O)N1CCOC(CN(C)CC(=O)O)C1. The van der Waals surface area contributed by atoms with Gasteiger partial charge in [0.05, 0.1) is 19.3 Å². The highest BCUT2D eigenvalue weighted by Gasteiger charge is 2.31. The van der Waals surface area contributed by atoms with Crippen molar-refractivity contribution < 1.29 is 19.4 Å². The molecule has 2 rings (SSSR count). The molecular formula is C19H35N3O4. The molecule has 2 amide bonds. The van der Waals surface area contributed by atoms with Gasteiger partial charge in [-0.25, -0.2) is 4.79 Å². The van der Waals surface area contributed by atoms with Gasteiger partial charge in [-0.15, -0.1) is 0 Å². The Labute approximate surface area is 157 Å². The second-order valence-electron chi connectivity index (χ2n) is 8.25. The minimum atomic E-state index is -0.855. The number of hydrogen-bond donors (Lipinski definition) is 2.